The molecule has 0 aliphatic carbocycles. The summed E-state index contributed by atoms with van der Waals surface area (Å²) in [5.74, 6) is -0.837. The molecule has 0 amide bonds. The van der Waals surface area contributed by atoms with Gasteiger partial charge in [-0.2, -0.15) is 0 Å². The van der Waals surface area contributed by atoms with Crippen LogP contribution in [0.3, 0.4) is 0 Å². The molecule has 0 fully saturated rings. The lowest BCUT2D eigenvalue weighted by Gasteiger charge is -2.18. The van der Waals surface area contributed by atoms with E-state index in [1.54, 1.807) is 0 Å². The van der Waals surface area contributed by atoms with Crippen molar-refractivity contribution in [2.24, 2.45) is 0 Å². The average molecular weight is 1080 g/mol. The van der Waals surface area contributed by atoms with E-state index in [-0.39, 0.29) is 31.1 Å². The largest absolute Gasteiger partial charge is 0.462 e. The van der Waals surface area contributed by atoms with Gasteiger partial charge in [0.2, 0.25) is 0 Å². The molecule has 1 unspecified atom stereocenters. The van der Waals surface area contributed by atoms with Gasteiger partial charge in [0.15, 0.2) is 6.10 Å². The van der Waals surface area contributed by atoms with Gasteiger partial charge in [0.05, 0.1) is 0 Å². The second-order valence-electron chi connectivity index (χ2n) is 23.1. The number of unbranched alkanes of at least 4 members (excludes halogenated alkanes) is 44. The Kier molecular flexibility index (Phi) is 63.6. The van der Waals surface area contributed by atoms with Crippen molar-refractivity contribution in [2.75, 3.05) is 13.2 Å². The third-order valence-corrected chi connectivity index (χ3v) is 15.3. The Morgan fingerprint density at radius 3 is 0.792 bits per heavy atom. The van der Waals surface area contributed by atoms with Crippen molar-refractivity contribution < 1.29 is 28.6 Å². The van der Waals surface area contributed by atoms with Crippen LogP contribution in [-0.4, -0.2) is 37.2 Å². The molecular weight excluding hydrogens is 949 g/mol. The fraction of sp³-hybridized carbons (Fsp3) is 0.845. The van der Waals surface area contributed by atoms with Gasteiger partial charge < -0.3 is 14.2 Å². The molecule has 0 aliphatic heterocycles. The molecule has 0 heterocycles. The van der Waals surface area contributed by atoms with E-state index >= 15 is 0 Å². The van der Waals surface area contributed by atoms with Gasteiger partial charge in [-0.15, -0.1) is 0 Å². The first-order valence-electron chi connectivity index (χ1n) is 34.1. The number of allylic oxidation sites excluding steroid dienone is 8. The van der Waals surface area contributed by atoms with E-state index in [9.17, 15) is 14.4 Å². The topological polar surface area (TPSA) is 78.9 Å². The Hall–Kier alpha value is -2.63. The molecule has 0 spiro atoms. The molecule has 0 rings (SSSR count). The number of carbonyl (C=O) groups is 3. The predicted octanol–water partition coefficient (Wildman–Crippen LogP) is 23.3. The molecule has 0 radical (unpaired) electrons. The molecule has 0 N–H and O–H groups in total. The van der Waals surface area contributed by atoms with Gasteiger partial charge in [-0.3, -0.25) is 14.4 Å². The maximum atomic E-state index is 12.9. The Balaban J connectivity index is 4.18. The summed E-state index contributed by atoms with van der Waals surface area (Å²) in [6.07, 6.45) is 82.8. The molecule has 0 aromatic heterocycles. The number of rotatable bonds is 63. The second kappa shape index (κ2) is 65.9. The van der Waals surface area contributed by atoms with Crippen molar-refractivity contribution in [3.05, 3.63) is 48.6 Å². The van der Waals surface area contributed by atoms with Gasteiger partial charge >= 0.3 is 17.9 Å². The van der Waals surface area contributed by atoms with Crippen molar-refractivity contribution in [3.63, 3.8) is 0 Å². The lowest BCUT2D eigenvalue weighted by molar-refractivity contribution is -0.167. The van der Waals surface area contributed by atoms with Crippen LogP contribution < -0.4 is 0 Å². The highest BCUT2D eigenvalue weighted by atomic mass is 16.6. The summed E-state index contributed by atoms with van der Waals surface area (Å²) in [5, 5.41) is 0. The van der Waals surface area contributed by atoms with Crippen LogP contribution in [0.4, 0.5) is 0 Å². The van der Waals surface area contributed by atoms with Crippen LogP contribution in [0.25, 0.3) is 0 Å². The van der Waals surface area contributed by atoms with Gasteiger partial charge in [-0.25, -0.2) is 0 Å². The smallest absolute Gasteiger partial charge is 0.306 e. The Morgan fingerprint density at radius 2 is 0.506 bits per heavy atom. The van der Waals surface area contributed by atoms with E-state index in [1.807, 2.05) is 0 Å². The number of esters is 3. The minimum atomic E-state index is -0.768. The van der Waals surface area contributed by atoms with Crippen molar-refractivity contribution in [2.45, 2.75) is 374 Å². The zero-order valence-electron chi connectivity index (χ0n) is 51.7. The summed E-state index contributed by atoms with van der Waals surface area (Å²) < 4.78 is 17.0. The normalized spacial score (nSPS) is 12.3. The van der Waals surface area contributed by atoms with Crippen LogP contribution in [-0.2, 0) is 28.6 Å². The highest BCUT2D eigenvalue weighted by molar-refractivity contribution is 5.71. The first kappa shape index (κ1) is 74.4. The van der Waals surface area contributed by atoms with Crippen molar-refractivity contribution >= 4 is 17.9 Å². The van der Waals surface area contributed by atoms with Crippen LogP contribution in [0.2, 0.25) is 0 Å². The number of hydrogen-bond acceptors (Lipinski definition) is 6. The summed E-state index contributed by atoms with van der Waals surface area (Å²) in [6, 6.07) is 0. The molecular formula is C71H130O6. The van der Waals surface area contributed by atoms with Gasteiger partial charge in [0.1, 0.15) is 13.2 Å². The Morgan fingerprint density at radius 1 is 0.273 bits per heavy atom. The van der Waals surface area contributed by atoms with E-state index in [4.69, 9.17) is 14.2 Å². The first-order valence-corrected chi connectivity index (χ1v) is 34.1. The summed E-state index contributed by atoms with van der Waals surface area (Å²) >= 11 is 0. The molecule has 0 saturated carbocycles. The van der Waals surface area contributed by atoms with Crippen molar-refractivity contribution in [1.29, 1.82) is 0 Å². The molecule has 1 atom stereocenters. The highest BCUT2D eigenvalue weighted by Crippen LogP contribution is 2.18. The molecule has 0 bridgehead atoms. The minimum absolute atomic E-state index is 0.0655. The third kappa shape index (κ3) is 64.1. The van der Waals surface area contributed by atoms with E-state index in [1.165, 1.54) is 244 Å². The number of hydrogen-bond donors (Lipinski definition) is 0. The van der Waals surface area contributed by atoms with Gasteiger partial charge in [-0.05, 0) is 57.8 Å². The lowest BCUT2D eigenvalue weighted by atomic mass is 10.0. The van der Waals surface area contributed by atoms with Crippen LogP contribution in [0.5, 0.6) is 0 Å². The lowest BCUT2D eigenvalue weighted by Crippen LogP contribution is -2.30. The van der Waals surface area contributed by atoms with Crippen LogP contribution in [0.15, 0.2) is 48.6 Å². The second-order valence-corrected chi connectivity index (χ2v) is 23.1. The zero-order valence-corrected chi connectivity index (χ0v) is 51.7. The number of carbonyl (C=O) groups excluding carboxylic acids is 3. The van der Waals surface area contributed by atoms with E-state index in [0.29, 0.717) is 19.3 Å². The quantitative estimate of drug-likeness (QED) is 0.0261. The van der Waals surface area contributed by atoms with Crippen LogP contribution >= 0.6 is 0 Å². The maximum absolute atomic E-state index is 12.9. The fourth-order valence-electron chi connectivity index (χ4n) is 10.3. The molecule has 0 aromatic rings. The summed E-state index contributed by atoms with van der Waals surface area (Å²) in [6.45, 7) is 6.59. The average Bonchev–Trinajstić information content (AvgIpc) is 3.43. The Bertz CT molecular complexity index is 1330. The molecule has 77 heavy (non-hydrogen) atoms. The first-order chi connectivity index (χ1) is 38.0. The molecule has 6 heteroatoms. The SMILES string of the molecule is CC/C=C\C/C=C\C/C=C\C/C=C\CCCCCCCCCCCCCCCCCCC(=O)OCC(COC(=O)CCCCCCCCCCCCCCC)OC(=O)CCCCCCCCCCCCCCCCCCC. The van der Waals surface area contributed by atoms with E-state index < -0.39 is 6.10 Å². The van der Waals surface area contributed by atoms with Crippen molar-refractivity contribution in [3.8, 4) is 0 Å². The highest BCUT2D eigenvalue weighted by Gasteiger charge is 2.19. The monoisotopic (exact) mass is 1080 g/mol. The summed E-state index contributed by atoms with van der Waals surface area (Å²) in [7, 11) is 0. The molecule has 6 nitrogen and oxygen atoms in total. The summed E-state index contributed by atoms with van der Waals surface area (Å²) in [5.41, 5.74) is 0. The minimum Gasteiger partial charge on any atom is -0.462 e. The fourth-order valence-corrected chi connectivity index (χ4v) is 10.3. The van der Waals surface area contributed by atoms with Gasteiger partial charge in [-0.1, -0.05) is 339 Å². The van der Waals surface area contributed by atoms with Crippen molar-refractivity contribution in [1.82, 2.24) is 0 Å². The molecule has 0 aliphatic rings. The standard InChI is InChI=1S/C71H130O6/c1-4-7-10-13-16-19-22-25-27-29-30-31-32-33-34-35-36-37-38-39-40-42-43-46-49-52-55-58-61-64-70(73)76-67-68(66-75-69(72)63-60-57-54-51-48-45-24-21-18-15-12-9-6-3)77-71(74)65-62-59-56-53-50-47-44-41-28-26-23-20-17-14-11-8-5-2/h7,10,16,19,25,27,30-31,68H,4-6,8-9,11-15,17-18,20-24,26,28-29,32-67H2,1-3H3/b10-7-,19-16-,27-25-,31-30-. The summed E-state index contributed by atoms with van der Waals surface area (Å²) in [4.78, 5) is 38.3. The maximum Gasteiger partial charge on any atom is 0.306 e. The zero-order chi connectivity index (χ0) is 55.7. The Labute approximate surface area is 479 Å². The van der Waals surface area contributed by atoms with Gasteiger partial charge in [0, 0.05) is 19.3 Å². The van der Waals surface area contributed by atoms with Crippen LogP contribution in [0.1, 0.15) is 367 Å². The molecule has 0 saturated heterocycles. The predicted molar refractivity (Wildman–Crippen MR) is 335 cm³/mol. The molecule has 0 aromatic carbocycles. The van der Waals surface area contributed by atoms with E-state index in [2.05, 4.69) is 69.4 Å². The molecule has 450 valence electrons. The van der Waals surface area contributed by atoms with E-state index in [0.717, 1.165) is 83.5 Å². The third-order valence-electron chi connectivity index (χ3n) is 15.3. The van der Waals surface area contributed by atoms with Crippen LogP contribution in [0, 0.1) is 0 Å². The van der Waals surface area contributed by atoms with Gasteiger partial charge in [0.25, 0.3) is 0 Å². The number of ether oxygens (including phenoxy) is 3.